The van der Waals surface area contributed by atoms with Crippen molar-refractivity contribution >= 4 is 40.3 Å². The second kappa shape index (κ2) is 9.34. The highest BCUT2D eigenvalue weighted by atomic mass is 35.5. The summed E-state index contributed by atoms with van der Waals surface area (Å²) in [6.07, 6.45) is 6.82. The first-order chi connectivity index (χ1) is 17.5. The van der Waals surface area contributed by atoms with Crippen LogP contribution in [0.2, 0.25) is 5.02 Å². The summed E-state index contributed by atoms with van der Waals surface area (Å²) in [5, 5.41) is 4.98. The van der Waals surface area contributed by atoms with Crippen molar-refractivity contribution in [3.05, 3.63) is 99.1 Å². The van der Waals surface area contributed by atoms with E-state index in [2.05, 4.69) is 57.4 Å². The van der Waals surface area contributed by atoms with Crippen molar-refractivity contribution in [1.82, 2.24) is 9.47 Å². The molecule has 1 aliphatic carbocycles. The first-order valence-electron chi connectivity index (χ1n) is 12.4. The number of nitrogens with one attached hydrogen (secondary N) is 1. The molecule has 2 amide bonds. The smallest absolute Gasteiger partial charge is 0.322 e. The number of fused-ring (bicyclic) bond motifs is 5. The van der Waals surface area contributed by atoms with Crippen LogP contribution in [0.5, 0.6) is 0 Å². The van der Waals surface area contributed by atoms with Gasteiger partial charge in [0.15, 0.2) is 0 Å². The zero-order valence-electron chi connectivity index (χ0n) is 20.5. The molecule has 2 aliphatic rings. The first kappa shape index (κ1) is 23.2. The lowest BCUT2D eigenvalue weighted by Gasteiger charge is -2.31. The number of halogens is 1. The van der Waals surface area contributed by atoms with Gasteiger partial charge in [0.2, 0.25) is 0 Å². The Morgan fingerprint density at radius 1 is 1.03 bits per heavy atom. The van der Waals surface area contributed by atoms with Gasteiger partial charge in [-0.05, 0) is 79.3 Å². The SMILES string of the molecule is CN(C)c1ccc([C@H]2c3cccn3-c3sc4c(c3CN2C(=O)Nc2cccc(Cl)c2)CCCC4)cc1. The minimum Gasteiger partial charge on any atom is -0.378 e. The topological polar surface area (TPSA) is 40.5 Å². The molecule has 2 aromatic heterocycles. The van der Waals surface area contributed by atoms with Crippen molar-refractivity contribution in [3.63, 3.8) is 0 Å². The van der Waals surface area contributed by atoms with Gasteiger partial charge in [0.1, 0.15) is 5.00 Å². The number of urea groups is 1. The second-order valence-electron chi connectivity index (χ2n) is 9.75. The Bertz CT molecular complexity index is 1420. The maximum Gasteiger partial charge on any atom is 0.322 e. The molecule has 0 spiro atoms. The highest BCUT2D eigenvalue weighted by Crippen LogP contribution is 2.44. The predicted molar refractivity (Wildman–Crippen MR) is 149 cm³/mol. The Hall–Kier alpha value is -3.22. The van der Waals surface area contributed by atoms with Crippen LogP contribution >= 0.6 is 22.9 Å². The van der Waals surface area contributed by atoms with Gasteiger partial charge in [-0.2, -0.15) is 0 Å². The van der Waals surface area contributed by atoms with Gasteiger partial charge < -0.3 is 19.7 Å². The number of rotatable bonds is 3. The molecule has 0 bridgehead atoms. The van der Waals surface area contributed by atoms with Gasteiger partial charge in [-0.1, -0.05) is 29.8 Å². The maximum absolute atomic E-state index is 14.0. The summed E-state index contributed by atoms with van der Waals surface area (Å²) in [4.78, 5) is 19.5. The Labute approximate surface area is 220 Å². The van der Waals surface area contributed by atoms with Gasteiger partial charge in [-0.3, -0.25) is 0 Å². The third kappa shape index (κ3) is 4.08. The summed E-state index contributed by atoms with van der Waals surface area (Å²) in [6, 6.07) is 19.8. The third-order valence-electron chi connectivity index (χ3n) is 7.24. The Morgan fingerprint density at radius 2 is 1.83 bits per heavy atom. The number of hydrogen-bond donors (Lipinski definition) is 1. The molecule has 0 fully saturated rings. The van der Waals surface area contributed by atoms with Gasteiger partial charge in [0.05, 0.1) is 18.3 Å². The summed E-state index contributed by atoms with van der Waals surface area (Å²) in [5.74, 6) is 0. The molecule has 0 unspecified atom stereocenters. The first-order valence-corrected chi connectivity index (χ1v) is 13.6. The largest absolute Gasteiger partial charge is 0.378 e. The molecule has 1 N–H and O–H groups in total. The van der Waals surface area contributed by atoms with Crippen LogP contribution in [0.25, 0.3) is 5.00 Å². The molecule has 3 heterocycles. The molecule has 2 aromatic carbocycles. The number of aromatic nitrogens is 1. The van der Waals surface area contributed by atoms with Gasteiger partial charge in [-0.25, -0.2) is 4.79 Å². The number of aryl methyl sites for hydroxylation is 1. The zero-order chi connectivity index (χ0) is 24.8. The number of hydrogen-bond acceptors (Lipinski definition) is 3. The van der Waals surface area contributed by atoms with Crippen molar-refractivity contribution in [2.75, 3.05) is 24.3 Å². The summed E-state index contributed by atoms with van der Waals surface area (Å²) in [5.41, 5.74) is 6.76. The predicted octanol–water partition coefficient (Wildman–Crippen LogP) is 7.27. The molecular weight excluding hydrogens is 488 g/mol. The number of carbonyl (C=O) groups excluding carboxylic acids is 1. The van der Waals surface area contributed by atoms with Crippen molar-refractivity contribution in [1.29, 1.82) is 0 Å². The number of benzene rings is 2. The van der Waals surface area contributed by atoms with E-state index in [1.807, 2.05) is 48.5 Å². The number of thiophene rings is 1. The minimum atomic E-state index is -0.228. The molecule has 1 atom stereocenters. The van der Waals surface area contributed by atoms with Gasteiger partial charge >= 0.3 is 6.03 Å². The van der Waals surface area contributed by atoms with Crippen LogP contribution in [0.1, 0.15) is 46.1 Å². The lowest BCUT2D eigenvalue weighted by molar-refractivity contribution is 0.194. The fraction of sp³-hybridized carbons (Fsp3) is 0.276. The molecule has 0 saturated heterocycles. The quantitative estimate of drug-likeness (QED) is 0.311. The molecular formula is C29H29ClN4OS. The van der Waals surface area contributed by atoms with E-state index in [-0.39, 0.29) is 12.1 Å². The van der Waals surface area contributed by atoms with E-state index in [9.17, 15) is 4.79 Å². The average Bonchev–Trinajstić information content (AvgIpc) is 3.46. The number of nitrogens with zero attached hydrogens (tertiary/aromatic N) is 3. The molecule has 0 radical (unpaired) electrons. The van der Waals surface area contributed by atoms with Crippen LogP contribution in [0.4, 0.5) is 16.2 Å². The Kier molecular flexibility index (Phi) is 6.02. The van der Waals surface area contributed by atoms with Gasteiger partial charge in [-0.15, -0.1) is 11.3 Å². The molecule has 4 aromatic rings. The van der Waals surface area contributed by atoms with Gasteiger partial charge in [0, 0.05) is 47.1 Å². The number of carbonyl (C=O) groups is 1. The van der Waals surface area contributed by atoms with Crippen LogP contribution < -0.4 is 10.2 Å². The highest BCUT2D eigenvalue weighted by molar-refractivity contribution is 7.15. The summed E-state index contributed by atoms with van der Waals surface area (Å²) < 4.78 is 2.31. The lowest BCUT2D eigenvalue weighted by atomic mass is 9.95. The van der Waals surface area contributed by atoms with E-state index in [1.54, 1.807) is 6.07 Å². The summed E-state index contributed by atoms with van der Waals surface area (Å²) >= 11 is 8.12. The summed E-state index contributed by atoms with van der Waals surface area (Å²) in [6.45, 7) is 0.565. The van der Waals surface area contributed by atoms with Crippen LogP contribution in [-0.2, 0) is 19.4 Å². The van der Waals surface area contributed by atoms with E-state index in [1.165, 1.54) is 33.8 Å². The van der Waals surface area contributed by atoms with Crippen molar-refractivity contribution in [2.45, 2.75) is 38.3 Å². The molecule has 184 valence electrons. The molecule has 5 nitrogen and oxygen atoms in total. The average molecular weight is 517 g/mol. The molecule has 0 saturated carbocycles. The maximum atomic E-state index is 14.0. The van der Waals surface area contributed by atoms with Crippen LogP contribution in [-0.4, -0.2) is 29.6 Å². The molecule has 7 heteroatoms. The number of amides is 2. The van der Waals surface area contributed by atoms with Crippen LogP contribution in [0.3, 0.4) is 0 Å². The van der Waals surface area contributed by atoms with E-state index in [4.69, 9.17) is 11.6 Å². The standard InChI is InChI=1S/C29H29ClN4OS/c1-32(2)22-14-12-19(13-15-22)27-25-10-6-16-33(25)28-24(23-9-3-4-11-26(23)36-28)18-34(27)29(35)31-21-8-5-7-20(30)17-21/h5-8,10,12-17,27H,3-4,9,11,18H2,1-2H3,(H,31,35)/t27-/m0/s1. The monoisotopic (exact) mass is 516 g/mol. The third-order valence-corrected chi connectivity index (χ3v) is 8.81. The van der Waals surface area contributed by atoms with Gasteiger partial charge in [0.25, 0.3) is 0 Å². The lowest BCUT2D eigenvalue weighted by Crippen LogP contribution is -2.38. The van der Waals surface area contributed by atoms with Crippen LogP contribution in [0.15, 0.2) is 66.9 Å². The Balaban J connectivity index is 1.48. The Morgan fingerprint density at radius 3 is 2.61 bits per heavy atom. The summed E-state index contributed by atoms with van der Waals surface area (Å²) in [7, 11) is 4.08. The fourth-order valence-corrected chi connectivity index (χ4v) is 7.05. The van der Waals surface area contributed by atoms with Crippen LogP contribution in [0, 0.1) is 0 Å². The van der Waals surface area contributed by atoms with Crippen molar-refractivity contribution < 1.29 is 4.79 Å². The van der Waals surface area contributed by atoms with E-state index >= 15 is 0 Å². The van der Waals surface area contributed by atoms with Crippen molar-refractivity contribution in [2.24, 2.45) is 0 Å². The zero-order valence-corrected chi connectivity index (χ0v) is 22.1. The highest BCUT2D eigenvalue weighted by Gasteiger charge is 2.36. The number of anilines is 2. The molecule has 1 aliphatic heterocycles. The second-order valence-corrected chi connectivity index (χ2v) is 11.3. The normalized spacial score (nSPS) is 16.5. The van der Waals surface area contributed by atoms with E-state index in [0.29, 0.717) is 17.3 Å². The molecule has 6 rings (SSSR count). The minimum absolute atomic E-state index is 0.129. The van der Waals surface area contributed by atoms with E-state index in [0.717, 1.165) is 29.8 Å². The van der Waals surface area contributed by atoms with Crippen molar-refractivity contribution in [3.8, 4) is 5.00 Å². The fourth-order valence-electron chi connectivity index (χ4n) is 5.45. The van der Waals surface area contributed by atoms with E-state index < -0.39 is 0 Å². The molecule has 36 heavy (non-hydrogen) atoms.